The number of carbonyl (C=O) groups is 2. The Morgan fingerprint density at radius 2 is 1.81 bits per heavy atom. The molecule has 2 atom stereocenters. The van der Waals surface area contributed by atoms with Gasteiger partial charge in [-0.05, 0) is 18.4 Å². The van der Waals surface area contributed by atoms with E-state index in [9.17, 15) is 14.0 Å². The summed E-state index contributed by atoms with van der Waals surface area (Å²) in [6.45, 7) is 4.82. The second-order valence-corrected chi connectivity index (χ2v) is 5.90. The fourth-order valence-corrected chi connectivity index (χ4v) is 2.17. The van der Waals surface area contributed by atoms with Crippen LogP contribution < -0.4 is 10.6 Å². The SMILES string of the molecule is CC(C)CNC(=O)C1CC1C(=O)NCc1ccccc1F. The summed E-state index contributed by atoms with van der Waals surface area (Å²) in [4.78, 5) is 23.7. The van der Waals surface area contributed by atoms with Gasteiger partial charge in [-0.3, -0.25) is 9.59 Å². The quantitative estimate of drug-likeness (QED) is 0.840. The Balaban J connectivity index is 1.76. The van der Waals surface area contributed by atoms with Crippen LogP contribution in [-0.4, -0.2) is 18.4 Å². The van der Waals surface area contributed by atoms with Crippen molar-refractivity contribution in [1.82, 2.24) is 10.6 Å². The third-order valence-electron chi connectivity index (χ3n) is 3.56. The molecule has 2 rings (SSSR count). The van der Waals surface area contributed by atoms with Gasteiger partial charge in [0, 0.05) is 18.7 Å². The highest BCUT2D eigenvalue weighted by Gasteiger charge is 2.47. The second kappa shape index (κ2) is 6.70. The Kier molecular flexibility index (Phi) is 4.94. The van der Waals surface area contributed by atoms with Crippen LogP contribution in [0.15, 0.2) is 24.3 Å². The lowest BCUT2D eigenvalue weighted by Gasteiger charge is -2.08. The van der Waals surface area contributed by atoms with Crippen LogP contribution in [0.25, 0.3) is 0 Å². The molecule has 2 N–H and O–H groups in total. The molecule has 0 saturated heterocycles. The molecule has 0 heterocycles. The van der Waals surface area contributed by atoms with Gasteiger partial charge in [0.1, 0.15) is 5.82 Å². The maximum absolute atomic E-state index is 13.4. The number of amides is 2. The van der Waals surface area contributed by atoms with Gasteiger partial charge < -0.3 is 10.6 Å². The van der Waals surface area contributed by atoms with E-state index in [1.807, 2.05) is 13.8 Å². The van der Waals surface area contributed by atoms with Crippen molar-refractivity contribution in [2.75, 3.05) is 6.54 Å². The Morgan fingerprint density at radius 1 is 1.19 bits per heavy atom. The fourth-order valence-electron chi connectivity index (χ4n) is 2.17. The highest BCUT2D eigenvalue weighted by molar-refractivity contribution is 5.92. The van der Waals surface area contributed by atoms with Crippen molar-refractivity contribution in [2.24, 2.45) is 17.8 Å². The first-order valence-corrected chi connectivity index (χ1v) is 7.28. The average Bonchev–Trinajstić information content (AvgIpc) is 3.24. The van der Waals surface area contributed by atoms with Gasteiger partial charge in [-0.25, -0.2) is 4.39 Å². The summed E-state index contributed by atoms with van der Waals surface area (Å²) < 4.78 is 13.4. The highest BCUT2D eigenvalue weighted by Crippen LogP contribution is 2.38. The molecule has 1 aromatic carbocycles. The number of hydrogen-bond acceptors (Lipinski definition) is 2. The third kappa shape index (κ3) is 4.28. The van der Waals surface area contributed by atoms with Gasteiger partial charge in [0.2, 0.25) is 11.8 Å². The van der Waals surface area contributed by atoms with Crippen LogP contribution >= 0.6 is 0 Å². The van der Waals surface area contributed by atoms with Crippen LogP contribution in [0.5, 0.6) is 0 Å². The summed E-state index contributed by atoms with van der Waals surface area (Å²) in [5.41, 5.74) is 0.451. The van der Waals surface area contributed by atoms with Gasteiger partial charge in [0.05, 0.1) is 11.8 Å². The number of carbonyl (C=O) groups excluding carboxylic acids is 2. The summed E-state index contributed by atoms with van der Waals surface area (Å²) in [5.74, 6) is -0.688. The molecule has 21 heavy (non-hydrogen) atoms. The molecule has 2 unspecified atom stereocenters. The van der Waals surface area contributed by atoms with Crippen LogP contribution in [0.1, 0.15) is 25.8 Å². The Bertz CT molecular complexity index is 531. The average molecular weight is 292 g/mol. The van der Waals surface area contributed by atoms with Crippen molar-refractivity contribution in [3.63, 3.8) is 0 Å². The number of hydrogen-bond donors (Lipinski definition) is 2. The van der Waals surface area contributed by atoms with Crippen molar-refractivity contribution in [3.8, 4) is 0 Å². The molecule has 0 bridgehead atoms. The van der Waals surface area contributed by atoms with Crippen LogP contribution in [-0.2, 0) is 16.1 Å². The van der Waals surface area contributed by atoms with E-state index in [0.717, 1.165) is 0 Å². The lowest BCUT2D eigenvalue weighted by molar-refractivity contribution is -0.127. The predicted molar refractivity (Wildman–Crippen MR) is 77.7 cm³/mol. The summed E-state index contributed by atoms with van der Waals surface area (Å²) in [6.07, 6.45) is 0.576. The van der Waals surface area contributed by atoms with Crippen LogP contribution in [0.4, 0.5) is 4.39 Å². The molecule has 0 radical (unpaired) electrons. The number of benzene rings is 1. The molecule has 114 valence electrons. The molecule has 0 aliphatic heterocycles. The van der Waals surface area contributed by atoms with Crippen molar-refractivity contribution >= 4 is 11.8 Å². The lowest BCUT2D eigenvalue weighted by atomic mass is 10.2. The molecule has 1 aromatic rings. The zero-order chi connectivity index (χ0) is 15.4. The molecule has 4 nitrogen and oxygen atoms in total. The molecular formula is C16H21FN2O2. The molecule has 1 aliphatic carbocycles. The highest BCUT2D eigenvalue weighted by atomic mass is 19.1. The van der Waals surface area contributed by atoms with Crippen molar-refractivity contribution in [1.29, 1.82) is 0 Å². The largest absolute Gasteiger partial charge is 0.356 e. The Morgan fingerprint density at radius 3 is 2.43 bits per heavy atom. The summed E-state index contributed by atoms with van der Waals surface area (Å²) in [7, 11) is 0. The van der Waals surface area contributed by atoms with E-state index < -0.39 is 0 Å². The molecule has 1 fully saturated rings. The van der Waals surface area contributed by atoms with Crippen LogP contribution in [0, 0.1) is 23.6 Å². The maximum Gasteiger partial charge on any atom is 0.224 e. The van der Waals surface area contributed by atoms with E-state index in [1.54, 1.807) is 18.2 Å². The van der Waals surface area contributed by atoms with Crippen molar-refractivity contribution in [2.45, 2.75) is 26.8 Å². The van der Waals surface area contributed by atoms with E-state index in [4.69, 9.17) is 0 Å². The molecule has 0 aromatic heterocycles. The van der Waals surface area contributed by atoms with E-state index in [0.29, 0.717) is 24.4 Å². The van der Waals surface area contributed by atoms with Crippen molar-refractivity contribution < 1.29 is 14.0 Å². The minimum absolute atomic E-state index is 0.0604. The Labute approximate surface area is 124 Å². The maximum atomic E-state index is 13.4. The molecule has 5 heteroatoms. The summed E-state index contributed by atoms with van der Waals surface area (Å²) >= 11 is 0. The zero-order valence-electron chi connectivity index (χ0n) is 12.4. The van der Waals surface area contributed by atoms with E-state index >= 15 is 0 Å². The van der Waals surface area contributed by atoms with E-state index in [1.165, 1.54) is 6.07 Å². The second-order valence-electron chi connectivity index (χ2n) is 5.90. The molecule has 0 spiro atoms. The summed E-state index contributed by atoms with van der Waals surface area (Å²) in [6, 6.07) is 6.33. The topological polar surface area (TPSA) is 58.2 Å². The minimum atomic E-state index is -0.333. The van der Waals surface area contributed by atoms with Crippen molar-refractivity contribution in [3.05, 3.63) is 35.6 Å². The molecular weight excluding hydrogens is 271 g/mol. The Hall–Kier alpha value is -1.91. The predicted octanol–water partition coefficient (Wildman–Crippen LogP) is 1.85. The van der Waals surface area contributed by atoms with Crippen LogP contribution in [0.2, 0.25) is 0 Å². The first-order valence-electron chi connectivity index (χ1n) is 7.28. The monoisotopic (exact) mass is 292 g/mol. The van der Waals surface area contributed by atoms with Gasteiger partial charge in [0.15, 0.2) is 0 Å². The van der Waals surface area contributed by atoms with Gasteiger partial charge in [0.25, 0.3) is 0 Å². The van der Waals surface area contributed by atoms with Gasteiger partial charge in [-0.1, -0.05) is 32.0 Å². The molecule has 2 amide bonds. The zero-order valence-corrected chi connectivity index (χ0v) is 12.4. The smallest absolute Gasteiger partial charge is 0.224 e. The van der Waals surface area contributed by atoms with Gasteiger partial charge >= 0.3 is 0 Å². The third-order valence-corrected chi connectivity index (χ3v) is 3.56. The fraction of sp³-hybridized carbons (Fsp3) is 0.500. The van der Waals surface area contributed by atoms with Gasteiger partial charge in [-0.15, -0.1) is 0 Å². The minimum Gasteiger partial charge on any atom is -0.356 e. The standard InChI is InChI=1S/C16H21FN2O2/c1-10(2)8-18-15(20)12-7-13(12)16(21)19-9-11-5-3-4-6-14(11)17/h3-6,10,12-13H,7-9H2,1-2H3,(H,18,20)(H,19,21). The number of halogens is 1. The van der Waals surface area contributed by atoms with E-state index in [-0.39, 0.29) is 36.0 Å². The first kappa shape index (κ1) is 15.5. The number of rotatable bonds is 6. The van der Waals surface area contributed by atoms with Gasteiger partial charge in [-0.2, -0.15) is 0 Å². The normalized spacial score (nSPS) is 20.2. The lowest BCUT2D eigenvalue weighted by Crippen LogP contribution is -2.32. The number of nitrogens with one attached hydrogen (secondary N) is 2. The van der Waals surface area contributed by atoms with E-state index in [2.05, 4.69) is 10.6 Å². The van der Waals surface area contributed by atoms with Crippen LogP contribution in [0.3, 0.4) is 0 Å². The first-order chi connectivity index (χ1) is 9.99. The molecule has 1 saturated carbocycles. The molecule has 1 aliphatic rings. The summed E-state index contributed by atoms with van der Waals surface area (Å²) in [5, 5.41) is 5.53.